The number of rotatable bonds is 6. The minimum Gasteiger partial charge on any atom is -0.370 e. The summed E-state index contributed by atoms with van der Waals surface area (Å²) in [7, 11) is -3.21. The molecule has 4 aliphatic rings. The number of carbonyl (C=O) groups excluding carboxylic acids is 1. The van der Waals surface area contributed by atoms with Gasteiger partial charge in [-0.15, -0.1) is 0 Å². The van der Waals surface area contributed by atoms with Crippen LogP contribution in [0.1, 0.15) is 51.9 Å². The summed E-state index contributed by atoms with van der Waals surface area (Å²) in [6.45, 7) is 3.54. The molecule has 3 aliphatic heterocycles. The van der Waals surface area contributed by atoms with E-state index in [2.05, 4.69) is 5.32 Å². The van der Waals surface area contributed by atoms with Crippen LogP contribution in [0.3, 0.4) is 0 Å². The number of hydrogen-bond acceptors (Lipinski definition) is 4. The number of sulfonamides is 1. The first kappa shape index (κ1) is 17.7. The summed E-state index contributed by atoms with van der Waals surface area (Å²) in [6.07, 6.45) is 7.03. The van der Waals surface area contributed by atoms with Gasteiger partial charge >= 0.3 is 0 Å². The predicted molar refractivity (Wildman–Crippen MR) is 94.4 cm³/mol. The number of nitrogens with one attached hydrogen (secondary N) is 1. The lowest BCUT2D eigenvalue weighted by molar-refractivity contribution is -0.121. The van der Waals surface area contributed by atoms with Crippen LogP contribution in [0.25, 0.3) is 0 Å². The van der Waals surface area contributed by atoms with E-state index in [1.165, 1.54) is 0 Å². The number of fused-ring (bicyclic) bond motifs is 1. The van der Waals surface area contributed by atoms with Crippen LogP contribution in [0.2, 0.25) is 0 Å². The van der Waals surface area contributed by atoms with Crippen LogP contribution in [0.4, 0.5) is 0 Å². The molecule has 4 atom stereocenters. The van der Waals surface area contributed by atoms with Gasteiger partial charge in [-0.3, -0.25) is 4.79 Å². The summed E-state index contributed by atoms with van der Waals surface area (Å²) in [4.78, 5) is 11.6. The van der Waals surface area contributed by atoms with Gasteiger partial charge in [-0.1, -0.05) is 19.8 Å². The first-order valence-electron chi connectivity index (χ1n) is 9.86. The van der Waals surface area contributed by atoms with E-state index in [4.69, 9.17) is 4.74 Å². The Hall–Kier alpha value is -0.660. The highest BCUT2D eigenvalue weighted by Gasteiger charge is 2.64. The highest BCUT2D eigenvalue weighted by Crippen LogP contribution is 2.55. The monoisotopic (exact) mass is 370 g/mol. The first-order chi connectivity index (χ1) is 11.9. The zero-order chi connectivity index (χ0) is 17.7. The summed E-state index contributed by atoms with van der Waals surface area (Å²) in [5.41, 5.74) is -0.297. The van der Waals surface area contributed by atoms with E-state index in [9.17, 15) is 13.2 Å². The molecule has 0 aromatic heterocycles. The summed E-state index contributed by atoms with van der Waals surface area (Å²) in [5.74, 6) is 1.16. The van der Waals surface area contributed by atoms with Crippen molar-refractivity contribution in [2.24, 2.45) is 17.8 Å². The SMILES string of the molecule is CCC(=O)NC[C@H]1[C@H]2CN(S(=O)(=O)CC3CCCC3)C[C@]23CC[C@H]1O3. The van der Waals surface area contributed by atoms with Crippen molar-refractivity contribution in [3.05, 3.63) is 0 Å². The number of amides is 1. The molecule has 3 saturated heterocycles. The first-order valence-corrected chi connectivity index (χ1v) is 11.5. The lowest BCUT2D eigenvalue weighted by Gasteiger charge is -2.29. The molecule has 0 unspecified atom stereocenters. The van der Waals surface area contributed by atoms with E-state index >= 15 is 0 Å². The Labute approximate surface area is 150 Å². The summed E-state index contributed by atoms with van der Waals surface area (Å²) in [5, 5.41) is 2.99. The maximum atomic E-state index is 12.9. The van der Waals surface area contributed by atoms with Crippen LogP contribution in [0, 0.1) is 17.8 Å². The molecule has 0 radical (unpaired) electrons. The molecule has 1 aliphatic carbocycles. The van der Waals surface area contributed by atoms with E-state index in [1.807, 2.05) is 6.92 Å². The molecule has 1 saturated carbocycles. The van der Waals surface area contributed by atoms with Crippen LogP contribution in [0.15, 0.2) is 0 Å². The van der Waals surface area contributed by atoms with Gasteiger partial charge in [0, 0.05) is 37.9 Å². The Bertz CT molecular complexity index is 631. The Morgan fingerprint density at radius 2 is 2.04 bits per heavy atom. The Kier molecular flexibility index (Phi) is 4.61. The van der Waals surface area contributed by atoms with Gasteiger partial charge in [0.25, 0.3) is 0 Å². The molecule has 25 heavy (non-hydrogen) atoms. The molecule has 2 bridgehead atoms. The molecule has 142 valence electrons. The molecule has 3 heterocycles. The zero-order valence-electron chi connectivity index (χ0n) is 15.1. The molecular weight excluding hydrogens is 340 g/mol. The smallest absolute Gasteiger partial charge is 0.219 e. The summed E-state index contributed by atoms with van der Waals surface area (Å²) in [6, 6.07) is 0. The second-order valence-corrected chi connectivity index (χ2v) is 10.4. The van der Waals surface area contributed by atoms with Crippen molar-refractivity contribution in [2.45, 2.75) is 63.6 Å². The lowest BCUT2D eigenvalue weighted by atomic mass is 9.73. The van der Waals surface area contributed by atoms with Crippen molar-refractivity contribution >= 4 is 15.9 Å². The van der Waals surface area contributed by atoms with Crippen molar-refractivity contribution in [1.82, 2.24) is 9.62 Å². The fourth-order valence-corrected chi connectivity index (χ4v) is 7.51. The van der Waals surface area contributed by atoms with Gasteiger partial charge in [0.2, 0.25) is 15.9 Å². The van der Waals surface area contributed by atoms with E-state index in [0.29, 0.717) is 37.7 Å². The number of nitrogens with zero attached hydrogens (tertiary/aromatic N) is 1. The quantitative estimate of drug-likeness (QED) is 0.769. The zero-order valence-corrected chi connectivity index (χ0v) is 15.9. The Morgan fingerprint density at radius 3 is 2.76 bits per heavy atom. The van der Waals surface area contributed by atoms with Crippen molar-refractivity contribution in [3.8, 4) is 0 Å². The highest BCUT2D eigenvalue weighted by molar-refractivity contribution is 7.89. The van der Waals surface area contributed by atoms with Crippen molar-refractivity contribution in [2.75, 3.05) is 25.4 Å². The highest BCUT2D eigenvalue weighted by atomic mass is 32.2. The topological polar surface area (TPSA) is 75.7 Å². The van der Waals surface area contributed by atoms with Crippen LogP contribution < -0.4 is 5.32 Å². The molecule has 4 rings (SSSR count). The number of ether oxygens (including phenoxy) is 1. The standard InChI is InChI=1S/C18H30N2O4S/c1-2-17(21)19-9-14-15-10-20(12-18(15)8-7-16(14)24-18)25(22,23)11-13-5-3-4-6-13/h13-16H,2-12H2,1H3,(H,19,21)/t14-,15+,16+,18+/m0/s1. The van der Waals surface area contributed by atoms with E-state index < -0.39 is 10.0 Å². The molecule has 4 fully saturated rings. The third-order valence-electron chi connectivity index (χ3n) is 6.92. The summed E-state index contributed by atoms with van der Waals surface area (Å²) >= 11 is 0. The minimum absolute atomic E-state index is 0.0560. The third-order valence-corrected chi connectivity index (χ3v) is 8.88. The van der Waals surface area contributed by atoms with Gasteiger partial charge in [0.1, 0.15) is 0 Å². The predicted octanol–water partition coefficient (Wildman–Crippen LogP) is 1.51. The maximum absolute atomic E-state index is 12.9. The van der Waals surface area contributed by atoms with Crippen LogP contribution in [-0.2, 0) is 19.6 Å². The largest absolute Gasteiger partial charge is 0.370 e. The number of carbonyl (C=O) groups is 1. The maximum Gasteiger partial charge on any atom is 0.219 e. The molecule has 6 nitrogen and oxygen atoms in total. The van der Waals surface area contributed by atoms with Gasteiger partial charge in [0.05, 0.1) is 17.5 Å². The van der Waals surface area contributed by atoms with Gasteiger partial charge in [-0.25, -0.2) is 8.42 Å². The fraction of sp³-hybridized carbons (Fsp3) is 0.944. The van der Waals surface area contributed by atoms with E-state index in [-0.39, 0.29) is 29.4 Å². The van der Waals surface area contributed by atoms with Crippen LogP contribution >= 0.6 is 0 Å². The minimum atomic E-state index is -3.21. The molecule has 0 aromatic carbocycles. The van der Waals surface area contributed by atoms with Crippen molar-refractivity contribution in [3.63, 3.8) is 0 Å². The molecule has 1 amide bonds. The summed E-state index contributed by atoms with van der Waals surface area (Å²) < 4.78 is 33.8. The second kappa shape index (κ2) is 6.50. The number of hydrogen-bond donors (Lipinski definition) is 1. The van der Waals surface area contributed by atoms with Crippen molar-refractivity contribution in [1.29, 1.82) is 0 Å². The van der Waals surface area contributed by atoms with E-state index in [1.54, 1.807) is 4.31 Å². The fourth-order valence-electron chi connectivity index (χ4n) is 5.57. The Balaban J connectivity index is 1.44. The molecule has 0 aromatic rings. The van der Waals surface area contributed by atoms with Gasteiger partial charge < -0.3 is 10.1 Å². The Morgan fingerprint density at radius 1 is 1.28 bits per heavy atom. The van der Waals surface area contributed by atoms with Crippen LogP contribution in [0.5, 0.6) is 0 Å². The normalized spacial score (nSPS) is 38.4. The van der Waals surface area contributed by atoms with Crippen LogP contribution in [-0.4, -0.2) is 55.7 Å². The lowest BCUT2D eigenvalue weighted by Crippen LogP contribution is -2.41. The van der Waals surface area contributed by atoms with E-state index in [0.717, 1.165) is 38.5 Å². The second-order valence-electron chi connectivity index (χ2n) is 8.41. The molecule has 1 N–H and O–H groups in total. The van der Waals surface area contributed by atoms with Gasteiger partial charge in [-0.2, -0.15) is 4.31 Å². The molecular formula is C18H30N2O4S. The average Bonchev–Trinajstić information content (AvgIpc) is 3.32. The average molecular weight is 371 g/mol. The van der Waals surface area contributed by atoms with Gasteiger partial charge in [0.15, 0.2) is 0 Å². The van der Waals surface area contributed by atoms with Gasteiger partial charge in [-0.05, 0) is 31.6 Å². The third kappa shape index (κ3) is 3.12. The molecule has 1 spiro atoms. The van der Waals surface area contributed by atoms with Crippen molar-refractivity contribution < 1.29 is 17.9 Å². The molecule has 7 heteroatoms.